The summed E-state index contributed by atoms with van der Waals surface area (Å²) in [4.78, 5) is 11.5. The van der Waals surface area contributed by atoms with Crippen molar-refractivity contribution >= 4 is 20.0 Å². The highest BCUT2D eigenvalue weighted by atomic mass is 32.2. The van der Waals surface area contributed by atoms with Crippen LogP contribution in [0, 0.1) is 13.8 Å². The van der Waals surface area contributed by atoms with Crippen LogP contribution in [0.3, 0.4) is 0 Å². The van der Waals surface area contributed by atoms with Crippen LogP contribution in [0.2, 0.25) is 0 Å². The summed E-state index contributed by atoms with van der Waals surface area (Å²) in [6.45, 7) is 3.09. The molecule has 0 aliphatic carbocycles. The number of sulfone groups is 1. The fraction of sp³-hybridized carbons (Fsp3) is 0.190. The average Bonchev–Trinajstić information content (AvgIpc) is 2.71. The Kier molecular flexibility index (Phi) is 6.84. The molecule has 3 aromatic rings. The Morgan fingerprint density at radius 1 is 0.906 bits per heavy atom. The van der Waals surface area contributed by atoms with Gasteiger partial charge in [-0.05, 0) is 38.1 Å². The fourth-order valence-electron chi connectivity index (χ4n) is 2.69. The third-order valence-electron chi connectivity index (χ3n) is 4.41. The van der Waals surface area contributed by atoms with E-state index < -0.39 is 43.6 Å². The second-order valence-corrected chi connectivity index (χ2v) is 10.6. The molecular weight excluding hydrogens is 458 g/mol. The Morgan fingerprint density at radius 2 is 1.44 bits per heavy atom. The summed E-state index contributed by atoms with van der Waals surface area (Å²) in [6.07, 6.45) is 0.777. The molecule has 3 rings (SSSR count). The molecule has 0 radical (unpaired) electrons. The summed E-state index contributed by atoms with van der Waals surface area (Å²) in [5.41, 5.74) is 0.910. The highest BCUT2D eigenvalue weighted by Gasteiger charge is 2.27. The van der Waals surface area contributed by atoms with Gasteiger partial charge in [-0.2, -0.15) is 12.7 Å². The summed E-state index contributed by atoms with van der Waals surface area (Å²) in [5, 5.41) is 10.0. The fourth-order valence-corrected chi connectivity index (χ4v) is 4.92. The molecule has 0 aliphatic rings. The van der Waals surface area contributed by atoms with Crippen molar-refractivity contribution < 1.29 is 30.6 Å². The SMILES string of the molecule is Cc1ccc(S(=O)(=O)CN(Cc2cc(=O)c(O)co2)OS(=O)(=O)c2ccc(C)cc2)cc1. The second-order valence-electron chi connectivity index (χ2n) is 7.13. The minimum absolute atomic E-state index is 0.0309. The van der Waals surface area contributed by atoms with Crippen LogP contribution in [-0.2, 0) is 30.8 Å². The molecule has 1 N–H and O–H groups in total. The minimum atomic E-state index is -4.38. The number of benzene rings is 2. The van der Waals surface area contributed by atoms with Crippen LogP contribution in [0.25, 0.3) is 0 Å². The first-order chi connectivity index (χ1) is 15.0. The number of nitrogens with zero attached hydrogens (tertiary/aromatic N) is 1. The van der Waals surface area contributed by atoms with Crippen molar-refractivity contribution in [3.63, 3.8) is 0 Å². The molecule has 0 bridgehead atoms. The lowest BCUT2D eigenvalue weighted by molar-refractivity contribution is -0.0469. The molecule has 11 heteroatoms. The normalized spacial score (nSPS) is 12.2. The maximum Gasteiger partial charge on any atom is 0.313 e. The molecule has 9 nitrogen and oxygen atoms in total. The van der Waals surface area contributed by atoms with E-state index in [0.29, 0.717) is 5.06 Å². The first kappa shape index (κ1) is 23.7. The van der Waals surface area contributed by atoms with Gasteiger partial charge in [0.15, 0.2) is 15.6 Å². The molecule has 1 aromatic heterocycles. The van der Waals surface area contributed by atoms with Gasteiger partial charge in [-0.1, -0.05) is 35.4 Å². The number of hydroxylamine groups is 2. The Bertz CT molecular complexity index is 1280. The van der Waals surface area contributed by atoms with Crippen LogP contribution in [0.5, 0.6) is 5.75 Å². The van der Waals surface area contributed by atoms with Gasteiger partial charge in [0.05, 0.1) is 16.3 Å². The van der Waals surface area contributed by atoms with Gasteiger partial charge in [0.25, 0.3) is 0 Å². The molecule has 0 unspecified atom stereocenters. The quantitative estimate of drug-likeness (QED) is 0.484. The summed E-state index contributed by atoms with van der Waals surface area (Å²) >= 11 is 0. The third kappa shape index (κ3) is 5.82. The largest absolute Gasteiger partial charge is 0.502 e. The van der Waals surface area contributed by atoms with Crippen LogP contribution < -0.4 is 5.43 Å². The van der Waals surface area contributed by atoms with Gasteiger partial charge < -0.3 is 9.52 Å². The van der Waals surface area contributed by atoms with Gasteiger partial charge in [-0.15, -0.1) is 5.06 Å². The van der Waals surface area contributed by atoms with Crippen molar-refractivity contribution in [2.24, 2.45) is 0 Å². The van der Waals surface area contributed by atoms with Crippen molar-refractivity contribution in [2.45, 2.75) is 30.2 Å². The summed E-state index contributed by atoms with van der Waals surface area (Å²) in [7, 11) is -8.39. The summed E-state index contributed by atoms with van der Waals surface area (Å²) < 4.78 is 61.4. The summed E-state index contributed by atoms with van der Waals surface area (Å²) in [6, 6.07) is 12.8. The third-order valence-corrected chi connectivity index (χ3v) is 7.28. The van der Waals surface area contributed by atoms with Crippen LogP contribution in [-0.4, -0.2) is 32.9 Å². The highest BCUT2D eigenvalue weighted by Crippen LogP contribution is 2.20. The van der Waals surface area contributed by atoms with E-state index in [1.54, 1.807) is 38.1 Å². The van der Waals surface area contributed by atoms with E-state index >= 15 is 0 Å². The lowest BCUT2D eigenvalue weighted by Gasteiger charge is -2.20. The van der Waals surface area contributed by atoms with Crippen LogP contribution in [0.1, 0.15) is 16.9 Å². The van der Waals surface area contributed by atoms with Gasteiger partial charge in [-0.25, -0.2) is 8.42 Å². The molecule has 170 valence electrons. The van der Waals surface area contributed by atoms with Crippen molar-refractivity contribution in [1.29, 1.82) is 0 Å². The number of aryl methyl sites for hydroxylation is 2. The topological polar surface area (TPSA) is 131 Å². The maximum atomic E-state index is 12.9. The van der Waals surface area contributed by atoms with Crippen LogP contribution in [0.4, 0.5) is 0 Å². The predicted octanol–water partition coefficient (Wildman–Crippen LogP) is 2.52. The van der Waals surface area contributed by atoms with Gasteiger partial charge >= 0.3 is 10.1 Å². The molecule has 0 atom stereocenters. The zero-order valence-corrected chi connectivity index (χ0v) is 18.9. The second kappa shape index (κ2) is 9.25. The Labute approximate surface area is 185 Å². The average molecular weight is 480 g/mol. The molecule has 0 spiro atoms. The van der Waals surface area contributed by atoms with E-state index in [4.69, 9.17) is 8.70 Å². The van der Waals surface area contributed by atoms with E-state index in [9.17, 15) is 26.7 Å². The molecule has 1 heterocycles. The molecule has 0 aliphatic heterocycles. The van der Waals surface area contributed by atoms with Gasteiger partial charge in [0.1, 0.15) is 17.9 Å². The zero-order chi connectivity index (χ0) is 23.5. The predicted molar refractivity (Wildman–Crippen MR) is 115 cm³/mol. The number of hydrogen-bond donors (Lipinski definition) is 1. The van der Waals surface area contributed by atoms with Crippen LogP contribution in [0.15, 0.2) is 79.9 Å². The van der Waals surface area contributed by atoms with E-state index in [2.05, 4.69) is 0 Å². The smallest absolute Gasteiger partial charge is 0.313 e. The molecule has 32 heavy (non-hydrogen) atoms. The Morgan fingerprint density at radius 3 is 1.97 bits per heavy atom. The van der Waals surface area contributed by atoms with E-state index in [0.717, 1.165) is 23.5 Å². The molecule has 2 aromatic carbocycles. The number of hydrogen-bond acceptors (Lipinski definition) is 9. The van der Waals surface area contributed by atoms with Gasteiger partial charge in [-0.3, -0.25) is 4.79 Å². The lowest BCUT2D eigenvalue weighted by Crippen LogP contribution is -2.32. The van der Waals surface area contributed by atoms with Gasteiger partial charge in [0.2, 0.25) is 5.43 Å². The minimum Gasteiger partial charge on any atom is -0.502 e. The molecule has 0 amide bonds. The molecule has 0 saturated carbocycles. The van der Waals surface area contributed by atoms with Crippen LogP contribution >= 0.6 is 0 Å². The lowest BCUT2D eigenvalue weighted by atomic mass is 10.2. The van der Waals surface area contributed by atoms with E-state index in [1.807, 2.05) is 0 Å². The number of aromatic hydroxyl groups is 1. The standard InChI is InChI=1S/C21H21NO8S2/c1-15-3-7-18(8-4-15)31(25,26)14-22(12-17-11-20(23)21(24)13-29-17)30-32(27,28)19-9-5-16(2)6-10-19/h3-11,13,24H,12,14H2,1-2H3. The van der Waals surface area contributed by atoms with E-state index in [-0.39, 0.29) is 15.6 Å². The number of rotatable bonds is 8. The highest BCUT2D eigenvalue weighted by molar-refractivity contribution is 7.91. The summed E-state index contributed by atoms with van der Waals surface area (Å²) in [5.74, 6) is -1.59. The van der Waals surface area contributed by atoms with Crippen molar-refractivity contribution in [3.8, 4) is 5.75 Å². The van der Waals surface area contributed by atoms with Crippen molar-refractivity contribution in [2.75, 3.05) is 5.88 Å². The first-order valence-electron chi connectivity index (χ1n) is 9.33. The van der Waals surface area contributed by atoms with E-state index in [1.165, 1.54) is 24.3 Å². The van der Waals surface area contributed by atoms with Crippen molar-refractivity contribution in [3.05, 3.63) is 88.0 Å². The molecular formula is C21H21NO8S2. The maximum absolute atomic E-state index is 12.9. The molecule has 0 saturated heterocycles. The Hall–Kier alpha value is -2.99. The van der Waals surface area contributed by atoms with Crippen molar-refractivity contribution in [1.82, 2.24) is 5.06 Å². The van der Waals surface area contributed by atoms with Gasteiger partial charge in [0, 0.05) is 6.07 Å². The molecule has 0 fully saturated rings. The Balaban J connectivity index is 1.94. The zero-order valence-electron chi connectivity index (χ0n) is 17.3. The first-order valence-corrected chi connectivity index (χ1v) is 12.4. The monoisotopic (exact) mass is 479 g/mol.